The zero-order valence-electron chi connectivity index (χ0n) is 19.4. The number of fused-ring (bicyclic) bond motifs is 10. The first-order valence-electron chi connectivity index (χ1n) is 11.9. The normalized spacial score (nSPS) is 15.6. The maximum absolute atomic E-state index is 11.9. The van der Waals surface area contributed by atoms with Crippen LogP contribution < -0.4 is 0 Å². The third kappa shape index (κ3) is 3.42. The maximum atomic E-state index is 11.9. The van der Waals surface area contributed by atoms with E-state index in [-0.39, 0.29) is 5.78 Å². The lowest BCUT2D eigenvalue weighted by Crippen LogP contribution is -1.93. The molecule has 7 nitrogen and oxygen atoms in total. The van der Waals surface area contributed by atoms with E-state index in [1.165, 1.54) is 0 Å². The number of carbonyl (C=O) groups excluding carboxylic acids is 1. The quantitative estimate of drug-likeness (QED) is 0.112. The minimum atomic E-state index is 0.209. The van der Waals surface area contributed by atoms with Gasteiger partial charge in [-0.15, -0.1) is 0 Å². The van der Waals surface area contributed by atoms with Crippen molar-refractivity contribution in [1.29, 1.82) is 0 Å². The minimum Gasteiger partial charge on any atom is -0.411 e. The van der Waals surface area contributed by atoms with Gasteiger partial charge in [-0.3, -0.25) is 14.8 Å². The second-order valence-electron chi connectivity index (χ2n) is 9.33. The molecule has 0 atom stereocenters. The van der Waals surface area contributed by atoms with E-state index in [0.717, 1.165) is 90.8 Å². The molecule has 2 aromatic carbocycles. The average molecular weight is 528 g/mol. The molecule has 4 heterocycles. The van der Waals surface area contributed by atoms with Crippen LogP contribution in [-0.4, -0.2) is 36.6 Å². The number of carbonyl (C=O) groups is 1. The first-order valence-corrected chi connectivity index (χ1v) is 12.7. The molecule has 0 unspecified atom stereocenters. The number of oxime groups is 1. The van der Waals surface area contributed by atoms with E-state index in [1.807, 2.05) is 48.8 Å². The van der Waals surface area contributed by atoms with Crippen LogP contribution >= 0.6 is 23.2 Å². The Morgan fingerprint density at radius 3 is 1.86 bits per heavy atom. The lowest BCUT2D eigenvalue weighted by Gasteiger charge is -2.02. The van der Waals surface area contributed by atoms with Gasteiger partial charge < -0.3 is 15.2 Å². The predicted molar refractivity (Wildman–Crippen MR) is 147 cm³/mol. The lowest BCUT2D eigenvalue weighted by atomic mass is 10.1. The molecule has 0 spiro atoms. The van der Waals surface area contributed by atoms with Gasteiger partial charge in [0.25, 0.3) is 0 Å². The third-order valence-electron chi connectivity index (χ3n) is 7.26. The summed E-state index contributed by atoms with van der Waals surface area (Å²) in [5.74, 6) is 0.209. The molecule has 8 rings (SSSR count). The monoisotopic (exact) mass is 527 g/mol. The number of pyridine rings is 2. The van der Waals surface area contributed by atoms with Crippen LogP contribution in [0, 0.1) is 0 Å². The average Bonchev–Trinajstić information content (AvgIpc) is 3.65. The Balaban J connectivity index is 0.000000125. The summed E-state index contributed by atoms with van der Waals surface area (Å²) in [5.41, 5.74) is 6.30. The molecule has 0 fully saturated rings. The highest BCUT2D eigenvalue weighted by atomic mass is 35.5. The molecule has 182 valence electrons. The Bertz CT molecular complexity index is 1950. The minimum absolute atomic E-state index is 0.209. The molecular formula is C28H19Cl2N5O2. The summed E-state index contributed by atoms with van der Waals surface area (Å²) in [4.78, 5) is 27.1. The second kappa shape index (κ2) is 8.30. The fraction of sp³-hybridized carbons (Fsp3) is 0.143. The van der Waals surface area contributed by atoms with Crippen LogP contribution in [0.15, 0.2) is 53.9 Å². The van der Waals surface area contributed by atoms with Gasteiger partial charge in [-0.2, -0.15) is 0 Å². The molecule has 2 aliphatic rings. The van der Waals surface area contributed by atoms with Gasteiger partial charge >= 0.3 is 0 Å². The van der Waals surface area contributed by atoms with Crippen molar-refractivity contribution in [2.75, 3.05) is 0 Å². The molecule has 2 aliphatic carbocycles. The Morgan fingerprint density at radius 2 is 1.27 bits per heavy atom. The predicted octanol–water partition coefficient (Wildman–Crippen LogP) is 6.99. The van der Waals surface area contributed by atoms with Crippen LogP contribution in [0.5, 0.6) is 0 Å². The molecule has 0 bridgehead atoms. The molecule has 3 N–H and O–H groups in total. The van der Waals surface area contributed by atoms with E-state index in [9.17, 15) is 4.79 Å². The van der Waals surface area contributed by atoms with Gasteiger partial charge in [0.05, 0.1) is 28.1 Å². The van der Waals surface area contributed by atoms with Crippen molar-refractivity contribution in [2.45, 2.75) is 25.7 Å². The van der Waals surface area contributed by atoms with E-state index in [2.05, 4.69) is 20.1 Å². The van der Waals surface area contributed by atoms with Crippen molar-refractivity contribution in [3.05, 3.63) is 81.6 Å². The van der Waals surface area contributed by atoms with E-state index in [0.29, 0.717) is 16.7 Å². The van der Waals surface area contributed by atoms with Gasteiger partial charge in [-0.25, -0.2) is 0 Å². The molecule has 0 radical (unpaired) electrons. The molecule has 4 aromatic heterocycles. The van der Waals surface area contributed by atoms with Crippen molar-refractivity contribution in [1.82, 2.24) is 19.9 Å². The highest BCUT2D eigenvalue weighted by molar-refractivity contribution is 6.31. The maximum Gasteiger partial charge on any atom is 0.165 e. The number of aryl methyl sites for hydroxylation is 2. The number of benzene rings is 2. The number of Topliss-reactive ketones (excluding diaryl/α,β-unsaturated/α-hetero) is 1. The van der Waals surface area contributed by atoms with Crippen LogP contribution in [0.3, 0.4) is 0 Å². The van der Waals surface area contributed by atoms with E-state index in [4.69, 9.17) is 33.4 Å². The van der Waals surface area contributed by atoms with Gasteiger partial charge in [0.2, 0.25) is 0 Å². The zero-order valence-corrected chi connectivity index (χ0v) is 20.9. The molecule has 0 amide bonds. The molecular weight excluding hydrogens is 509 g/mol. The van der Waals surface area contributed by atoms with Crippen LogP contribution in [0.25, 0.3) is 43.4 Å². The summed E-state index contributed by atoms with van der Waals surface area (Å²) < 4.78 is 0. The first-order chi connectivity index (χ1) is 18.0. The van der Waals surface area contributed by atoms with Gasteiger partial charge in [0, 0.05) is 62.3 Å². The van der Waals surface area contributed by atoms with Gasteiger partial charge in [0.1, 0.15) is 10.3 Å². The van der Waals surface area contributed by atoms with Gasteiger partial charge in [-0.05, 0) is 31.4 Å². The van der Waals surface area contributed by atoms with E-state index < -0.39 is 0 Å². The number of halogens is 2. The number of nitrogens with one attached hydrogen (secondary N) is 2. The van der Waals surface area contributed by atoms with Crippen LogP contribution in [0.4, 0.5) is 0 Å². The fourth-order valence-corrected chi connectivity index (χ4v) is 5.91. The van der Waals surface area contributed by atoms with Gasteiger partial charge in [-0.1, -0.05) is 52.6 Å². The Hall–Kier alpha value is -3.94. The molecule has 9 heteroatoms. The van der Waals surface area contributed by atoms with Crippen molar-refractivity contribution in [3.63, 3.8) is 0 Å². The van der Waals surface area contributed by atoms with Crippen LogP contribution in [-0.2, 0) is 12.8 Å². The summed E-state index contributed by atoms with van der Waals surface area (Å²) in [5, 5.41) is 19.8. The number of hydrogen-bond donors (Lipinski definition) is 3. The number of aromatic amines is 2. The summed E-state index contributed by atoms with van der Waals surface area (Å²) in [7, 11) is 0. The number of ketones is 1. The molecule has 0 saturated carbocycles. The van der Waals surface area contributed by atoms with Crippen molar-refractivity contribution < 1.29 is 10.0 Å². The third-order valence-corrected chi connectivity index (χ3v) is 7.70. The Labute approximate surface area is 220 Å². The van der Waals surface area contributed by atoms with Crippen molar-refractivity contribution in [3.8, 4) is 0 Å². The molecule has 37 heavy (non-hydrogen) atoms. The van der Waals surface area contributed by atoms with Crippen molar-refractivity contribution in [2.24, 2.45) is 5.16 Å². The number of nitrogens with zero attached hydrogens (tertiary/aromatic N) is 3. The summed E-state index contributed by atoms with van der Waals surface area (Å²) in [6, 6.07) is 11.8. The molecule has 6 aromatic rings. The number of aromatic nitrogens is 4. The van der Waals surface area contributed by atoms with Crippen molar-refractivity contribution >= 4 is 78.0 Å². The van der Waals surface area contributed by atoms with E-state index >= 15 is 0 Å². The highest BCUT2D eigenvalue weighted by Crippen LogP contribution is 2.36. The molecule has 0 aliphatic heterocycles. The SMILES string of the molecule is O/N=C1\CCc2nc3c(ccc4c[nH]c(Cl)cc43)c21.O=C1CCc2nc3c(ccc4c[nH]c(Cl)cc43)c21. The number of H-pyrrole nitrogens is 2. The van der Waals surface area contributed by atoms with E-state index in [1.54, 1.807) is 0 Å². The standard InChI is InChI=1S/C14H10ClN3O.C14H9ClN2O/c15-12-5-9-7(6-16-12)1-2-8-13-10(17-14(8)9)3-4-11(13)18-19;15-12-5-9-7(6-16-12)1-2-8-13-10(17-14(8)9)3-4-11(13)18/h1-2,5-6,16,19H,3-4H2;1-2,5-6,16H,3-4H2/b18-11+;. The van der Waals surface area contributed by atoms with Gasteiger partial charge in [0.15, 0.2) is 5.78 Å². The highest BCUT2D eigenvalue weighted by Gasteiger charge is 2.27. The summed E-state index contributed by atoms with van der Waals surface area (Å²) >= 11 is 12.0. The Morgan fingerprint density at radius 1 is 0.730 bits per heavy atom. The topological polar surface area (TPSA) is 107 Å². The molecule has 0 saturated heterocycles. The summed E-state index contributed by atoms with van der Waals surface area (Å²) in [6.45, 7) is 0. The second-order valence-corrected chi connectivity index (χ2v) is 10.1. The fourth-order valence-electron chi connectivity index (χ4n) is 5.58. The van der Waals surface area contributed by atoms with Crippen LogP contribution in [0.2, 0.25) is 10.3 Å². The zero-order chi connectivity index (χ0) is 25.3. The summed E-state index contributed by atoms with van der Waals surface area (Å²) in [6.07, 6.45) is 6.67. The first kappa shape index (κ1) is 22.3. The number of hydrogen-bond acceptors (Lipinski definition) is 5. The van der Waals surface area contributed by atoms with Crippen LogP contribution in [0.1, 0.15) is 40.2 Å². The number of rotatable bonds is 0. The lowest BCUT2D eigenvalue weighted by molar-refractivity contribution is 0.0996. The smallest absolute Gasteiger partial charge is 0.165 e. The largest absolute Gasteiger partial charge is 0.411 e. The Kier molecular flexibility index (Phi) is 4.99.